The monoisotopic (exact) mass is 453 g/mol. The molecule has 180 valence electrons. The number of carboxylic acids is 2. The van der Waals surface area contributed by atoms with Gasteiger partial charge in [0, 0.05) is 38.3 Å². The molecule has 0 heterocycles. The van der Waals surface area contributed by atoms with Gasteiger partial charge in [0.05, 0.1) is 13.2 Å². The van der Waals surface area contributed by atoms with E-state index in [0.29, 0.717) is 31.8 Å². The Kier molecular flexibility index (Phi) is 15.4. The van der Waals surface area contributed by atoms with Gasteiger partial charge in [0.2, 0.25) is 0 Å². The first-order valence-corrected chi connectivity index (χ1v) is 10.2. The van der Waals surface area contributed by atoms with Crippen LogP contribution in [0.4, 0.5) is 0 Å². The summed E-state index contributed by atoms with van der Waals surface area (Å²) >= 11 is 0. The van der Waals surface area contributed by atoms with Gasteiger partial charge in [0.1, 0.15) is 11.6 Å². The lowest BCUT2D eigenvalue weighted by molar-refractivity contribution is -0.159. The number of hydrogen-bond donors (Lipinski definition) is 5. The number of carboxylic acid groups (broad SMARTS) is 2. The van der Waals surface area contributed by atoms with Gasteiger partial charge in [-0.3, -0.25) is 4.79 Å². The highest BCUT2D eigenvalue weighted by atomic mass is 16.6. The average molecular weight is 454 g/mol. The molecule has 0 aliphatic carbocycles. The third-order valence-electron chi connectivity index (χ3n) is 3.47. The molecule has 0 aliphatic rings. The molecular weight excluding hydrogens is 418 g/mol. The van der Waals surface area contributed by atoms with E-state index in [1.807, 2.05) is 51.1 Å². The summed E-state index contributed by atoms with van der Waals surface area (Å²) in [7, 11) is 0. The van der Waals surface area contributed by atoms with Crippen LogP contribution < -0.4 is 16.4 Å². The van der Waals surface area contributed by atoms with Crippen LogP contribution in [0, 0.1) is 0 Å². The number of benzene rings is 1. The van der Waals surface area contributed by atoms with Gasteiger partial charge in [-0.25, -0.2) is 9.59 Å². The summed E-state index contributed by atoms with van der Waals surface area (Å²) in [6.07, 6.45) is 1.12. The molecule has 10 nitrogen and oxygen atoms in total. The van der Waals surface area contributed by atoms with Crippen LogP contribution in [0.1, 0.15) is 26.3 Å². The van der Waals surface area contributed by atoms with Crippen molar-refractivity contribution in [1.82, 2.24) is 10.6 Å². The quantitative estimate of drug-likeness (QED) is 0.164. The zero-order valence-corrected chi connectivity index (χ0v) is 18.9. The maximum Gasteiger partial charge on any atom is 0.328 e. The minimum atomic E-state index is -1.26. The predicted octanol–water partition coefficient (Wildman–Crippen LogP) is 0.763. The molecule has 0 spiro atoms. The number of carbonyl (C=O) groups is 3. The average Bonchev–Trinajstić information content (AvgIpc) is 2.70. The van der Waals surface area contributed by atoms with Crippen molar-refractivity contribution in [2.45, 2.75) is 39.0 Å². The lowest BCUT2D eigenvalue weighted by Crippen LogP contribution is -2.46. The Morgan fingerprint density at radius 1 is 1.03 bits per heavy atom. The molecule has 10 heteroatoms. The molecule has 6 N–H and O–H groups in total. The zero-order valence-electron chi connectivity index (χ0n) is 18.9. The van der Waals surface area contributed by atoms with E-state index in [4.69, 9.17) is 25.4 Å². The molecule has 0 bridgehead atoms. The van der Waals surface area contributed by atoms with Gasteiger partial charge in [-0.1, -0.05) is 30.3 Å². The normalized spacial score (nSPS) is 12.0. The Bertz CT molecular complexity index is 687. The summed E-state index contributed by atoms with van der Waals surface area (Å²) in [6, 6.07) is 9.38. The largest absolute Gasteiger partial charge is 0.478 e. The second kappa shape index (κ2) is 16.8. The molecule has 1 rings (SSSR count). The Balaban J connectivity index is 0.00000102. The van der Waals surface area contributed by atoms with Crippen LogP contribution in [-0.4, -0.2) is 72.5 Å². The third-order valence-corrected chi connectivity index (χ3v) is 3.47. The van der Waals surface area contributed by atoms with E-state index in [0.717, 1.165) is 18.7 Å². The molecule has 1 aromatic rings. The topological polar surface area (TPSA) is 160 Å². The number of rotatable bonds is 13. The first-order valence-electron chi connectivity index (χ1n) is 10.2. The van der Waals surface area contributed by atoms with Crippen LogP contribution in [0.15, 0.2) is 42.5 Å². The van der Waals surface area contributed by atoms with Crippen LogP contribution in [0.2, 0.25) is 0 Å². The smallest absolute Gasteiger partial charge is 0.328 e. The number of aliphatic carboxylic acids is 2. The lowest BCUT2D eigenvalue weighted by Gasteiger charge is -2.24. The molecule has 1 atom stereocenters. The predicted molar refractivity (Wildman–Crippen MR) is 120 cm³/mol. The summed E-state index contributed by atoms with van der Waals surface area (Å²) in [5, 5.41) is 22.0. The van der Waals surface area contributed by atoms with Gasteiger partial charge in [-0.15, -0.1) is 0 Å². The number of hydrogen-bond acceptors (Lipinski definition) is 8. The van der Waals surface area contributed by atoms with Gasteiger partial charge in [-0.05, 0) is 26.3 Å². The fourth-order valence-corrected chi connectivity index (χ4v) is 2.16. The lowest BCUT2D eigenvalue weighted by atomic mass is 10.2. The van der Waals surface area contributed by atoms with E-state index in [1.54, 1.807) is 0 Å². The van der Waals surface area contributed by atoms with E-state index >= 15 is 0 Å². The molecule has 0 fully saturated rings. The van der Waals surface area contributed by atoms with Crippen molar-refractivity contribution in [3.05, 3.63) is 48.0 Å². The van der Waals surface area contributed by atoms with Gasteiger partial charge < -0.3 is 36.1 Å². The van der Waals surface area contributed by atoms with Gasteiger partial charge in [0.25, 0.3) is 0 Å². The second-order valence-corrected chi connectivity index (χ2v) is 7.59. The van der Waals surface area contributed by atoms with Crippen molar-refractivity contribution in [3.8, 4) is 0 Å². The van der Waals surface area contributed by atoms with Crippen LogP contribution in [0.5, 0.6) is 0 Å². The van der Waals surface area contributed by atoms with E-state index < -0.39 is 23.6 Å². The summed E-state index contributed by atoms with van der Waals surface area (Å²) in [4.78, 5) is 31.4. The first kappa shape index (κ1) is 29.2. The Hall–Kier alpha value is -2.79. The minimum absolute atomic E-state index is 0.265. The third kappa shape index (κ3) is 18.0. The molecule has 1 aromatic carbocycles. The van der Waals surface area contributed by atoms with Crippen molar-refractivity contribution in [1.29, 1.82) is 0 Å². The van der Waals surface area contributed by atoms with Crippen molar-refractivity contribution in [2.75, 3.05) is 32.8 Å². The number of nitrogens with two attached hydrogens (primary N) is 1. The Morgan fingerprint density at radius 3 is 2.12 bits per heavy atom. The summed E-state index contributed by atoms with van der Waals surface area (Å²) in [5.41, 5.74) is 5.99. The molecular formula is C22H35N3O7. The molecule has 1 unspecified atom stereocenters. The van der Waals surface area contributed by atoms with Crippen molar-refractivity contribution in [3.63, 3.8) is 0 Å². The highest BCUT2D eigenvalue weighted by Crippen LogP contribution is 2.09. The molecule has 0 radical (unpaired) electrons. The molecule has 0 saturated heterocycles. The summed E-state index contributed by atoms with van der Waals surface area (Å²) in [5.74, 6) is -2.81. The second-order valence-electron chi connectivity index (χ2n) is 7.59. The number of carbonyl (C=O) groups excluding carboxylic acids is 1. The van der Waals surface area contributed by atoms with Gasteiger partial charge >= 0.3 is 17.9 Å². The highest BCUT2D eigenvalue weighted by molar-refractivity contribution is 5.89. The van der Waals surface area contributed by atoms with E-state index in [9.17, 15) is 14.4 Å². The fourth-order valence-electron chi connectivity index (χ4n) is 2.16. The zero-order chi connectivity index (χ0) is 24.4. The molecule has 32 heavy (non-hydrogen) atoms. The maximum atomic E-state index is 12.3. The SMILES string of the molecule is CC(C)(C)OC(=O)C(COCc1ccccc1)NCCNCCN.O=C(O)/C=C/C(=O)O. The van der Waals surface area contributed by atoms with Gasteiger partial charge in [-0.2, -0.15) is 0 Å². The summed E-state index contributed by atoms with van der Waals surface area (Å²) in [6.45, 7) is 9.02. The Labute approximate surface area is 188 Å². The molecule has 0 saturated carbocycles. The molecule has 0 aliphatic heterocycles. The fraction of sp³-hybridized carbons (Fsp3) is 0.500. The van der Waals surface area contributed by atoms with Crippen molar-refractivity contribution >= 4 is 17.9 Å². The minimum Gasteiger partial charge on any atom is -0.478 e. The number of esters is 1. The molecule has 0 amide bonds. The van der Waals surface area contributed by atoms with Crippen molar-refractivity contribution < 1.29 is 34.1 Å². The van der Waals surface area contributed by atoms with E-state index in [2.05, 4.69) is 10.6 Å². The summed E-state index contributed by atoms with van der Waals surface area (Å²) < 4.78 is 11.2. The first-order chi connectivity index (χ1) is 15.0. The van der Waals surface area contributed by atoms with E-state index in [-0.39, 0.29) is 12.6 Å². The molecule has 0 aromatic heterocycles. The van der Waals surface area contributed by atoms with Gasteiger partial charge in [0.15, 0.2) is 0 Å². The van der Waals surface area contributed by atoms with Crippen LogP contribution in [0.3, 0.4) is 0 Å². The maximum absolute atomic E-state index is 12.3. The van der Waals surface area contributed by atoms with Crippen LogP contribution >= 0.6 is 0 Å². The van der Waals surface area contributed by atoms with Crippen molar-refractivity contribution in [2.24, 2.45) is 5.73 Å². The van der Waals surface area contributed by atoms with Crippen LogP contribution in [0.25, 0.3) is 0 Å². The highest BCUT2D eigenvalue weighted by Gasteiger charge is 2.24. The number of nitrogens with one attached hydrogen (secondary N) is 2. The standard InChI is InChI=1S/C18H31N3O3.C4H4O4/c1-18(2,3)24-17(22)16(21-12-11-20-10-9-19)14-23-13-15-7-5-4-6-8-15;5-3(6)1-2-4(7)8/h4-8,16,20-21H,9-14,19H2,1-3H3;1-2H,(H,5,6)(H,7,8)/b;2-1+. The van der Waals surface area contributed by atoms with E-state index in [1.165, 1.54) is 0 Å². The Morgan fingerprint density at radius 2 is 1.62 bits per heavy atom. The van der Waals surface area contributed by atoms with Crippen LogP contribution in [-0.2, 0) is 30.5 Å². The number of ether oxygens (including phenoxy) is 2.